The van der Waals surface area contributed by atoms with Crippen molar-refractivity contribution in [2.24, 2.45) is 0 Å². The lowest BCUT2D eigenvalue weighted by Crippen LogP contribution is -2.16. The van der Waals surface area contributed by atoms with Crippen LogP contribution in [0.3, 0.4) is 0 Å². The highest BCUT2D eigenvalue weighted by Gasteiger charge is 2.39. The van der Waals surface area contributed by atoms with Crippen LogP contribution in [0.15, 0.2) is 194 Å². The standard InChI is InChI=1S/C52H38F6N2/c1-35-11-9-17-43(31-35)59(41-23-19-39(20-24-41)37-13-5-3-6-14-37)45-27-29-47(49(33-45)51(53,54)55)48-30-28-46(34-50(48)52(56,57)58)60(44-18-10-12-36(2)32-44)42-25-21-40(22-26-42)38-15-7-4-8-16-38/h3-34H,1-2H3. The lowest BCUT2D eigenvalue weighted by Gasteiger charge is -2.29. The van der Waals surface area contributed by atoms with Crippen molar-refractivity contribution in [2.75, 3.05) is 9.80 Å². The van der Waals surface area contributed by atoms with E-state index in [1.165, 1.54) is 12.1 Å². The highest BCUT2D eigenvalue weighted by Crippen LogP contribution is 2.48. The van der Waals surface area contributed by atoms with E-state index in [2.05, 4.69) is 0 Å². The van der Waals surface area contributed by atoms with Crippen LogP contribution in [0, 0.1) is 13.8 Å². The molecule has 60 heavy (non-hydrogen) atoms. The van der Waals surface area contributed by atoms with Crippen LogP contribution in [0.5, 0.6) is 0 Å². The maximum absolute atomic E-state index is 15.3. The molecule has 8 aromatic rings. The quantitative estimate of drug-likeness (QED) is 0.134. The van der Waals surface area contributed by atoms with Crippen LogP contribution in [-0.4, -0.2) is 0 Å². The molecule has 8 aromatic carbocycles. The first kappa shape index (κ1) is 39.8. The Hall–Kier alpha value is -7.06. The van der Waals surface area contributed by atoms with Gasteiger partial charge in [-0.05, 0) is 131 Å². The number of benzene rings is 8. The molecule has 0 aliphatic rings. The van der Waals surface area contributed by atoms with E-state index in [1.807, 2.05) is 159 Å². The molecular formula is C52H38F6N2. The third kappa shape index (κ3) is 8.41. The van der Waals surface area contributed by atoms with Crippen molar-refractivity contribution in [3.8, 4) is 33.4 Å². The summed E-state index contributed by atoms with van der Waals surface area (Å²) in [5, 5.41) is 0. The number of hydrogen-bond acceptors (Lipinski definition) is 2. The Kier molecular flexibility index (Phi) is 10.8. The predicted octanol–water partition coefficient (Wildman–Crippen LogP) is 16.3. The monoisotopic (exact) mass is 804 g/mol. The van der Waals surface area contributed by atoms with Crippen LogP contribution >= 0.6 is 0 Å². The molecule has 0 bridgehead atoms. The summed E-state index contributed by atoms with van der Waals surface area (Å²) in [6.07, 6.45) is -10.0. The maximum Gasteiger partial charge on any atom is 0.417 e. The molecule has 0 saturated carbocycles. The number of alkyl halides is 6. The minimum Gasteiger partial charge on any atom is -0.310 e. The second kappa shape index (κ2) is 16.3. The Bertz CT molecular complexity index is 2550. The molecule has 0 amide bonds. The van der Waals surface area contributed by atoms with Gasteiger partial charge in [0.05, 0.1) is 11.1 Å². The Morgan fingerprint density at radius 1 is 0.300 bits per heavy atom. The predicted molar refractivity (Wildman–Crippen MR) is 232 cm³/mol. The molecule has 0 aliphatic heterocycles. The molecule has 0 heterocycles. The van der Waals surface area contributed by atoms with Crippen molar-refractivity contribution in [2.45, 2.75) is 26.2 Å². The fraction of sp³-hybridized carbons (Fsp3) is 0.0769. The van der Waals surface area contributed by atoms with Crippen LogP contribution in [0.1, 0.15) is 22.3 Å². The van der Waals surface area contributed by atoms with E-state index in [-0.39, 0.29) is 11.4 Å². The van der Waals surface area contributed by atoms with Gasteiger partial charge in [0.15, 0.2) is 0 Å². The molecule has 2 nitrogen and oxygen atoms in total. The first-order valence-corrected chi connectivity index (χ1v) is 19.3. The summed E-state index contributed by atoms with van der Waals surface area (Å²) in [5.41, 5.74) is 4.63. The molecule has 0 spiro atoms. The number of aryl methyl sites for hydroxylation is 2. The molecule has 8 heteroatoms. The second-order valence-electron chi connectivity index (χ2n) is 14.6. The second-order valence-corrected chi connectivity index (χ2v) is 14.6. The molecule has 0 saturated heterocycles. The van der Waals surface area contributed by atoms with E-state index in [4.69, 9.17) is 0 Å². The van der Waals surface area contributed by atoms with Crippen molar-refractivity contribution in [3.05, 3.63) is 216 Å². The zero-order valence-electron chi connectivity index (χ0n) is 32.6. The van der Waals surface area contributed by atoms with Gasteiger partial charge < -0.3 is 9.80 Å². The average Bonchev–Trinajstić information content (AvgIpc) is 3.24. The van der Waals surface area contributed by atoms with E-state index in [0.29, 0.717) is 22.7 Å². The Labute approximate surface area is 345 Å². The van der Waals surface area contributed by atoms with E-state index in [0.717, 1.165) is 57.6 Å². The van der Waals surface area contributed by atoms with Crippen molar-refractivity contribution in [3.63, 3.8) is 0 Å². The summed E-state index contributed by atoms with van der Waals surface area (Å²) in [6, 6.07) is 55.9. The zero-order chi connectivity index (χ0) is 42.0. The zero-order valence-corrected chi connectivity index (χ0v) is 32.6. The number of rotatable bonds is 9. The molecule has 0 atom stereocenters. The smallest absolute Gasteiger partial charge is 0.310 e. The fourth-order valence-corrected chi connectivity index (χ4v) is 7.58. The van der Waals surface area contributed by atoms with E-state index in [9.17, 15) is 0 Å². The minimum atomic E-state index is -5.00. The lowest BCUT2D eigenvalue weighted by atomic mass is 9.93. The molecule has 0 aromatic heterocycles. The summed E-state index contributed by atoms with van der Waals surface area (Å²) >= 11 is 0. The van der Waals surface area contributed by atoms with Crippen molar-refractivity contribution >= 4 is 34.1 Å². The summed E-state index contributed by atoms with van der Waals surface area (Å²) in [6.45, 7) is 3.76. The molecular weight excluding hydrogens is 767 g/mol. The van der Waals surface area contributed by atoms with Gasteiger partial charge in [0.25, 0.3) is 0 Å². The highest BCUT2D eigenvalue weighted by atomic mass is 19.4. The SMILES string of the molecule is Cc1cccc(N(c2ccc(-c3ccccc3)cc2)c2ccc(-c3ccc(N(c4ccc(-c5ccccc5)cc4)c4cccc(C)c4)cc3C(F)(F)F)c(C(F)(F)F)c2)c1. The highest BCUT2D eigenvalue weighted by molar-refractivity contribution is 5.85. The van der Waals surface area contributed by atoms with Crippen molar-refractivity contribution < 1.29 is 26.3 Å². The van der Waals surface area contributed by atoms with E-state index in [1.54, 1.807) is 21.9 Å². The molecule has 8 rings (SSSR count). The van der Waals surface area contributed by atoms with Crippen LogP contribution in [0.4, 0.5) is 60.5 Å². The Morgan fingerprint density at radius 3 is 0.950 bits per heavy atom. The van der Waals surface area contributed by atoms with Gasteiger partial charge in [-0.3, -0.25) is 0 Å². The van der Waals surface area contributed by atoms with Gasteiger partial charge in [-0.1, -0.05) is 121 Å². The molecule has 0 radical (unpaired) electrons. The third-order valence-corrected chi connectivity index (χ3v) is 10.4. The Morgan fingerprint density at radius 2 is 0.617 bits per heavy atom. The van der Waals surface area contributed by atoms with Gasteiger partial charge in [0.2, 0.25) is 0 Å². The fourth-order valence-electron chi connectivity index (χ4n) is 7.58. The van der Waals surface area contributed by atoms with Crippen LogP contribution in [0.2, 0.25) is 0 Å². The van der Waals surface area contributed by atoms with Crippen molar-refractivity contribution in [1.29, 1.82) is 0 Å². The van der Waals surface area contributed by atoms with Gasteiger partial charge in [-0.2, -0.15) is 26.3 Å². The number of anilines is 6. The summed E-state index contributed by atoms with van der Waals surface area (Å²) in [5.74, 6) is 0. The lowest BCUT2D eigenvalue weighted by molar-refractivity contribution is -0.139. The van der Waals surface area contributed by atoms with Crippen LogP contribution in [0.25, 0.3) is 33.4 Å². The molecule has 0 fully saturated rings. The number of hydrogen-bond donors (Lipinski definition) is 0. The van der Waals surface area contributed by atoms with Crippen LogP contribution < -0.4 is 9.80 Å². The van der Waals surface area contributed by atoms with E-state index < -0.39 is 34.6 Å². The van der Waals surface area contributed by atoms with Gasteiger partial charge in [0.1, 0.15) is 0 Å². The minimum absolute atomic E-state index is 0.138. The summed E-state index contributed by atoms with van der Waals surface area (Å²) < 4.78 is 91.5. The number of halogens is 6. The maximum atomic E-state index is 15.3. The first-order valence-electron chi connectivity index (χ1n) is 19.3. The summed E-state index contributed by atoms with van der Waals surface area (Å²) in [4.78, 5) is 3.36. The van der Waals surface area contributed by atoms with Gasteiger partial charge in [0, 0.05) is 34.1 Å². The van der Waals surface area contributed by atoms with Gasteiger partial charge >= 0.3 is 12.4 Å². The molecule has 0 N–H and O–H groups in total. The van der Waals surface area contributed by atoms with Crippen LogP contribution in [-0.2, 0) is 12.4 Å². The summed E-state index contributed by atoms with van der Waals surface area (Å²) in [7, 11) is 0. The number of nitrogens with zero attached hydrogens (tertiary/aromatic N) is 2. The normalized spacial score (nSPS) is 11.7. The third-order valence-electron chi connectivity index (χ3n) is 10.4. The largest absolute Gasteiger partial charge is 0.417 e. The molecule has 0 unspecified atom stereocenters. The topological polar surface area (TPSA) is 6.48 Å². The van der Waals surface area contributed by atoms with Crippen molar-refractivity contribution in [1.82, 2.24) is 0 Å². The van der Waals surface area contributed by atoms with Gasteiger partial charge in [-0.25, -0.2) is 0 Å². The Balaban J connectivity index is 1.25. The van der Waals surface area contributed by atoms with E-state index >= 15 is 26.3 Å². The molecule has 0 aliphatic carbocycles. The molecule has 298 valence electrons. The first-order chi connectivity index (χ1) is 28.8. The van der Waals surface area contributed by atoms with Gasteiger partial charge in [-0.15, -0.1) is 0 Å². The average molecular weight is 805 g/mol.